The molecule has 2 rings (SSSR count). The minimum atomic E-state index is -0.313. The zero-order valence-electron chi connectivity index (χ0n) is 9.03. The molecule has 2 N–H and O–H groups in total. The van der Waals surface area contributed by atoms with E-state index in [1.165, 1.54) is 12.1 Å². The molecule has 5 heteroatoms. The summed E-state index contributed by atoms with van der Waals surface area (Å²) in [4.78, 5) is 12.0. The van der Waals surface area contributed by atoms with Crippen LogP contribution in [0.3, 0.4) is 0 Å². The van der Waals surface area contributed by atoms with Crippen molar-refractivity contribution in [3.05, 3.63) is 35.4 Å². The van der Waals surface area contributed by atoms with Crippen LogP contribution >= 0.6 is 0 Å². The molecule has 82 valence electrons. The number of aromatic nitrogens is 3. The Morgan fingerprint density at radius 2 is 1.81 bits per heavy atom. The summed E-state index contributed by atoms with van der Waals surface area (Å²) in [6.45, 7) is 3.53. The Morgan fingerprint density at radius 1 is 1.06 bits per heavy atom. The number of rotatable bonds is 1. The van der Waals surface area contributed by atoms with Crippen LogP contribution in [0.5, 0.6) is 0 Å². The van der Waals surface area contributed by atoms with Crippen molar-refractivity contribution in [1.29, 1.82) is 0 Å². The summed E-state index contributed by atoms with van der Waals surface area (Å²) in [6, 6.07) is 4.62. The van der Waals surface area contributed by atoms with Gasteiger partial charge in [-0.1, -0.05) is 0 Å². The van der Waals surface area contributed by atoms with Crippen LogP contribution in [0.25, 0.3) is 11.4 Å². The van der Waals surface area contributed by atoms with Gasteiger partial charge in [0.2, 0.25) is 5.95 Å². The fourth-order valence-electron chi connectivity index (χ4n) is 1.50. The number of nitrogens with zero attached hydrogens (tertiary/aromatic N) is 3. The molecule has 1 aromatic heterocycles. The fourth-order valence-corrected chi connectivity index (χ4v) is 1.50. The number of benzene rings is 1. The molecule has 0 spiro atoms. The first-order valence-corrected chi connectivity index (χ1v) is 4.80. The molecule has 4 nitrogen and oxygen atoms in total. The summed E-state index contributed by atoms with van der Waals surface area (Å²) < 4.78 is 13.2. The second-order valence-corrected chi connectivity index (χ2v) is 3.58. The van der Waals surface area contributed by atoms with E-state index >= 15 is 0 Å². The topological polar surface area (TPSA) is 64.7 Å². The van der Waals surface area contributed by atoms with E-state index in [0.29, 0.717) is 17.2 Å². The third kappa shape index (κ3) is 2.13. The molecule has 0 aliphatic rings. The fraction of sp³-hybridized carbons (Fsp3) is 0.182. The number of nitrogen functional groups attached to an aromatic ring is 1. The summed E-state index contributed by atoms with van der Waals surface area (Å²) in [6.07, 6.45) is 0. The van der Waals surface area contributed by atoms with Crippen molar-refractivity contribution in [2.24, 2.45) is 0 Å². The Labute approximate surface area is 92.4 Å². The van der Waals surface area contributed by atoms with E-state index in [4.69, 9.17) is 5.73 Å². The lowest BCUT2D eigenvalue weighted by Crippen LogP contribution is -2.02. The van der Waals surface area contributed by atoms with Gasteiger partial charge in [-0.05, 0) is 37.6 Å². The number of anilines is 1. The molecule has 0 radical (unpaired) electrons. The van der Waals surface area contributed by atoms with Gasteiger partial charge in [0, 0.05) is 5.56 Å². The molecule has 1 heterocycles. The van der Waals surface area contributed by atoms with Gasteiger partial charge in [0.1, 0.15) is 11.6 Å². The molecule has 0 amide bonds. The molecule has 0 unspecified atom stereocenters. The molecule has 0 saturated heterocycles. The maximum Gasteiger partial charge on any atom is 0.223 e. The molecule has 0 aliphatic heterocycles. The number of hydrogen-bond acceptors (Lipinski definition) is 4. The Balaban J connectivity index is 2.57. The molecule has 0 fully saturated rings. The van der Waals surface area contributed by atoms with Crippen LogP contribution < -0.4 is 5.73 Å². The number of hydrogen-bond donors (Lipinski definition) is 1. The Morgan fingerprint density at radius 3 is 2.44 bits per heavy atom. The minimum Gasteiger partial charge on any atom is -0.368 e. The van der Waals surface area contributed by atoms with Crippen LogP contribution in [-0.2, 0) is 0 Å². The molecule has 0 atom stereocenters. The van der Waals surface area contributed by atoms with Gasteiger partial charge in [0.25, 0.3) is 0 Å². The molecule has 0 aliphatic carbocycles. The number of nitrogens with two attached hydrogens (primary N) is 1. The maximum atomic E-state index is 13.2. The lowest BCUT2D eigenvalue weighted by atomic mass is 10.1. The van der Waals surface area contributed by atoms with Crippen molar-refractivity contribution in [1.82, 2.24) is 15.0 Å². The zero-order valence-corrected chi connectivity index (χ0v) is 9.03. The highest BCUT2D eigenvalue weighted by atomic mass is 19.1. The predicted molar refractivity (Wildman–Crippen MR) is 59.1 cm³/mol. The van der Waals surface area contributed by atoms with Crippen molar-refractivity contribution in [2.45, 2.75) is 13.8 Å². The third-order valence-corrected chi connectivity index (χ3v) is 2.06. The van der Waals surface area contributed by atoms with E-state index in [-0.39, 0.29) is 11.8 Å². The average molecular weight is 218 g/mol. The molecule has 0 bridgehead atoms. The quantitative estimate of drug-likeness (QED) is 0.793. The first kappa shape index (κ1) is 10.5. The van der Waals surface area contributed by atoms with Gasteiger partial charge in [0.05, 0.1) is 0 Å². The molecular formula is C11H11FN4. The van der Waals surface area contributed by atoms with Gasteiger partial charge in [0.15, 0.2) is 5.82 Å². The van der Waals surface area contributed by atoms with E-state index in [9.17, 15) is 4.39 Å². The number of aryl methyl sites for hydroxylation is 2. The summed E-state index contributed by atoms with van der Waals surface area (Å²) in [5, 5.41) is 0. The van der Waals surface area contributed by atoms with Gasteiger partial charge < -0.3 is 5.73 Å². The van der Waals surface area contributed by atoms with Crippen LogP contribution in [-0.4, -0.2) is 15.0 Å². The van der Waals surface area contributed by atoms with E-state index in [1.807, 2.05) is 6.92 Å². The Kier molecular flexibility index (Phi) is 2.52. The van der Waals surface area contributed by atoms with E-state index in [2.05, 4.69) is 15.0 Å². The summed E-state index contributed by atoms with van der Waals surface area (Å²) in [7, 11) is 0. The molecule has 16 heavy (non-hydrogen) atoms. The highest BCUT2D eigenvalue weighted by molar-refractivity contribution is 5.57. The summed E-state index contributed by atoms with van der Waals surface area (Å²) in [5.41, 5.74) is 6.93. The highest BCUT2D eigenvalue weighted by Gasteiger charge is 2.06. The predicted octanol–water partition coefficient (Wildman–Crippen LogP) is 1.88. The summed E-state index contributed by atoms with van der Waals surface area (Å²) >= 11 is 0. The standard InChI is InChI=1S/C11H11FN4/c1-6-3-8(5-9(12)4-6)10-14-7(2)15-11(13)16-10/h3-5H,1-2H3,(H2,13,14,15,16). The second-order valence-electron chi connectivity index (χ2n) is 3.58. The SMILES string of the molecule is Cc1cc(F)cc(-c2nc(C)nc(N)n2)c1. The Bertz CT molecular complexity index is 450. The molecule has 2 aromatic rings. The van der Waals surface area contributed by atoms with Gasteiger partial charge in [-0.3, -0.25) is 0 Å². The van der Waals surface area contributed by atoms with E-state index in [1.54, 1.807) is 13.0 Å². The van der Waals surface area contributed by atoms with Gasteiger partial charge >= 0.3 is 0 Å². The lowest BCUT2D eigenvalue weighted by Gasteiger charge is -2.03. The maximum absolute atomic E-state index is 13.2. The largest absolute Gasteiger partial charge is 0.368 e. The van der Waals surface area contributed by atoms with E-state index < -0.39 is 0 Å². The smallest absolute Gasteiger partial charge is 0.223 e. The first-order chi connectivity index (χ1) is 7.54. The van der Waals surface area contributed by atoms with Crippen molar-refractivity contribution < 1.29 is 4.39 Å². The van der Waals surface area contributed by atoms with Gasteiger partial charge in [-0.15, -0.1) is 0 Å². The lowest BCUT2D eigenvalue weighted by molar-refractivity contribution is 0.627. The minimum absolute atomic E-state index is 0.143. The van der Waals surface area contributed by atoms with Crippen LogP contribution in [0, 0.1) is 19.7 Å². The van der Waals surface area contributed by atoms with Crippen molar-refractivity contribution >= 4 is 5.95 Å². The second kappa shape index (κ2) is 3.84. The molecule has 0 saturated carbocycles. The Hall–Kier alpha value is -2.04. The average Bonchev–Trinajstić information content (AvgIpc) is 2.14. The van der Waals surface area contributed by atoms with Crippen LogP contribution in [0.4, 0.5) is 10.3 Å². The van der Waals surface area contributed by atoms with Crippen LogP contribution in [0.1, 0.15) is 11.4 Å². The van der Waals surface area contributed by atoms with Crippen molar-refractivity contribution in [3.63, 3.8) is 0 Å². The highest BCUT2D eigenvalue weighted by Crippen LogP contribution is 2.18. The number of halogens is 1. The molecular weight excluding hydrogens is 207 g/mol. The van der Waals surface area contributed by atoms with Crippen molar-refractivity contribution in [2.75, 3.05) is 5.73 Å². The first-order valence-electron chi connectivity index (χ1n) is 4.80. The molecule has 1 aromatic carbocycles. The van der Waals surface area contributed by atoms with Crippen LogP contribution in [0.15, 0.2) is 18.2 Å². The van der Waals surface area contributed by atoms with Gasteiger partial charge in [-0.2, -0.15) is 9.97 Å². The van der Waals surface area contributed by atoms with E-state index in [0.717, 1.165) is 5.56 Å². The summed E-state index contributed by atoms with van der Waals surface area (Å²) in [5.74, 6) is 0.744. The zero-order chi connectivity index (χ0) is 11.7. The third-order valence-electron chi connectivity index (χ3n) is 2.06. The van der Waals surface area contributed by atoms with Crippen LogP contribution in [0.2, 0.25) is 0 Å². The monoisotopic (exact) mass is 218 g/mol. The van der Waals surface area contributed by atoms with Crippen molar-refractivity contribution in [3.8, 4) is 11.4 Å². The van der Waals surface area contributed by atoms with Gasteiger partial charge in [-0.25, -0.2) is 9.37 Å². The normalized spacial score (nSPS) is 10.4.